The molecule has 0 atom stereocenters. The van der Waals surface area contributed by atoms with Gasteiger partial charge in [-0.05, 0) is 49.4 Å². The molecule has 0 aliphatic heterocycles. The molecule has 3 heteroatoms. The van der Waals surface area contributed by atoms with Crippen LogP contribution in [0.1, 0.15) is 24.8 Å². The lowest BCUT2D eigenvalue weighted by Gasteiger charge is -2.09. The number of benzene rings is 1. The first kappa shape index (κ1) is 10.3. The van der Waals surface area contributed by atoms with Crippen LogP contribution in [0.5, 0.6) is 11.5 Å². The summed E-state index contributed by atoms with van der Waals surface area (Å²) in [4.78, 5) is 0. The van der Waals surface area contributed by atoms with E-state index in [-0.39, 0.29) is 5.75 Å². The topological polar surface area (TPSA) is 49.7 Å². The van der Waals surface area contributed by atoms with E-state index >= 15 is 0 Å². The summed E-state index contributed by atoms with van der Waals surface area (Å²) in [7, 11) is 1.60. The Morgan fingerprint density at radius 2 is 2.13 bits per heavy atom. The normalized spacial score (nSPS) is 17.5. The van der Waals surface area contributed by atoms with E-state index in [9.17, 15) is 10.2 Å². The smallest absolute Gasteiger partial charge is 0.119 e. The molecule has 1 fully saturated rings. The summed E-state index contributed by atoms with van der Waals surface area (Å²) in [5, 5.41) is 19.3. The van der Waals surface area contributed by atoms with Gasteiger partial charge in [0.25, 0.3) is 0 Å². The van der Waals surface area contributed by atoms with Crippen LogP contribution >= 0.6 is 0 Å². The predicted octanol–water partition coefficient (Wildman–Crippen LogP) is 1.86. The number of phenolic OH excluding ortho intramolecular Hbond substituents is 1. The van der Waals surface area contributed by atoms with Crippen molar-refractivity contribution in [3.63, 3.8) is 0 Å². The molecule has 15 heavy (non-hydrogen) atoms. The molecule has 1 aromatic rings. The first-order chi connectivity index (χ1) is 7.13. The second-order valence-electron chi connectivity index (χ2n) is 4.22. The molecule has 1 saturated carbocycles. The second kappa shape index (κ2) is 3.74. The lowest BCUT2D eigenvalue weighted by atomic mass is 10.0. The highest BCUT2D eigenvalue weighted by Gasteiger charge is 2.39. The van der Waals surface area contributed by atoms with Gasteiger partial charge in [0.05, 0.1) is 12.7 Å². The molecule has 0 spiro atoms. The van der Waals surface area contributed by atoms with Crippen LogP contribution in [0.4, 0.5) is 0 Å². The van der Waals surface area contributed by atoms with Gasteiger partial charge in [0.2, 0.25) is 0 Å². The van der Waals surface area contributed by atoms with Crippen LogP contribution in [-0.2, 0) is 6.42 Å². The summed E-state index contributed by atoms with van der Waals surface area (Å²) >= 11 is 0. The monoisotopic (exact) mass is 208 g/mol. The van der Waals surface area contributed by atoms with Crippen LogP contribution < -0.4 is 4.74 Å². The third-order valence-corrected chi connectivity index (χ3v) is 2.97. The number of hydrogen-bond acceptors (Lipinski definition) is 3. The second-order valence-corrected chi connectivity index (χ2v) is 4.22. The zero-order valence-corrected chi connectivity index (χ0v) is 8.86. The highest BCUT2D eigenvalue weighted by Crippen LogP contribution is 2.40. The van der Waals surface area contributed by atoms with Crippen LogP contribution in [0.15, 0.2) is 18.2 Å². The highest BCUT2D eigenvalue weighted by molar-refractivity contribution is 5.39. The minimum absolute atomic E-state index is 0.278. The van der Waals surface area contributed by atoms with E-state index in [1.807, 2.05) is 6.07 Å². The maximum absolute atomic E-state index is 9.69. The van der Waals surface area contributed by atoms with Crippen molar-refractivity contribution in [3.05, 3.63) is 23.8 Å². The molecule has 0 aromatic heterocycles. The zero-order chi connectivity index (χ0) is 10.9. The number of methoxy groups -OCH3 is 1. The summed E-state index contributed by atoms with van der Waals surface area (Å²) in [6.07, 6.45) is 3.18. The van der Waals surface area contributed by atoms with E-state index in [0.29, 0.717) is 12.8 Å². The van der Waals surface area contributed by atoms with Gasteiger partial charge in [0.15, 0.2) is 0 Å². The molecule has 1 aliphatic carbocycles. The Morgan fingerprint density at radius 3 is 2.73 bits per heavy atom. The van der Waals surface area contributed by atoms with E-state index in [1.54, 1.807) is 19.2 Å². The van der Waals surface area contributed by atoms with Crippen LogP contribution in [0, 0.1) is 0 Å². The minimum atomic E-state index is -0.463. The summed E-state index contributed by atoms with van der Waals surface area (Å²) < 4.78 is 5.08. The number of aliphatic hydroxyl groups is 1. The van der Waals surface area contributed by atoms with Gasteiger partial charge < -0.3 is 14.9 Å². The fourth-order valence-corrected chi connectivity index (χ4v) is 1.65. The lowest BCUT2D eigenvalue weighted by Crippen LogP contribution is -2.07. The SMILES string of the molecule is COc1ccc(O)c(CCC2(O)CC2)c1. The van der Waals surface area contributed by atoms with Gasteiger partial charge in [-0.3, -0.25) is 0 Å². The summed E-state index contributed by atoms with van der Waals surface area (Å²) in [5.41, 5.74) is 0.380. The summed E-state index contributed by atoms with van der Waals surface area (Å²) in [6.45, 7) is 0. The van der Waals surface area contributed by atoms with Crippen LogP contribution in [0.25, 0.3) is 0 Å². The van der Waals surface area contributed by atoms with Gasteiger partial charge in [0.1, 0.15) is 11.5 Å². The van der Waals surface area contributed by atoms with Crippen molar-refractivity contribution in [2.75, 3.05) is 7.11 Å². The van der Waals surface area contributed by atoms with Crippen molar-refractivity contribution in [1.29, 1.82) is 0 Å². The molecule has 1 aromatic carbocycles. The molecule has 82 valence electrons. The zero-order valence-electron chi connectivity index (χ0n) is 8.86. The fourth-order valence-electron chi connectivity index (χ4n) is 1.65. The Labute approximate surface area is 89.3 Å². The third kappa shape index (κ3) is 2.42. The summed E-state index contributed by atoms with van der Waals surface area (Å²) in [5.74, 6) is 1.02. The van der Waals surface area contributed by atoms with Gasteiger partial charge in [0, 0.05) is 0 Å². The van der Waals surface area contributed by atoms with E-state index in [1.165, 1.54) is 0 Å². The van der Waals surface area contributed by atoms with Crippen LogP contribution in [-0.4, -0.2) is 22.9 Å². The first-order valence-electron chi connectivity index (χ1n) is 5.21. The van der Waals surface area contributed by atoms with E-state index in [2.05, 4.69) is 0 Å². The number of phenols is 1. The average Bonchev–Trinajstić information content (AvgIpc) is 2.96. The number of hydrogen-bond donors (Lipinski definition) is 2. The lowest BCUT2D eigenvalue weighted by molar-refractivity contribution is 0.140. The largest absolute Gasteiger partial charge is 0.508 e. The fraction of sp³-hybridized carbons (Fsp3) is 0.500. The van der Waals surface area contributed by atoms with Crippen molar-refractivity contribution >= 4 is 0 Å². The molecule has 3 nitrogen and oxygen atoms in total. The van der Waals surface area contributed by atoms with E-state index in [0.717, 1.165) is 24.2 Å². The molecule has 0 bridgehead atoms. The third-order valence-electron chi connectivity index (χ3n) is 2.97. The number of aromatic hydroxyl groups is 1. The molecule has 0 radical (unpaired) electrons. The van der Waals surface area contributed by atoms with E-state index < -0.39 is 5.60 Å². The maximum Gasteiger partial charge on any atom is 0.119 e. The van der Waals surface area contributed by atoms with Crippen molar-refractivity contribution in [2.24, 2.45) is 0 Å². The quantitative estimate of drug-likeness (QED) is 0.794. The Hall–Kier alpha value is -1.22. The molecule has 0 amide bonds. The first-order valence-corrected chi connectivity index (χ1v) is 5.21. The van der Waals surface area contributed by atoms with Crippen LogP contribution in [0.3, 0.4) is 0 Å². The van der Waals surface area contributed by atoms with Crippen molar-refractivity contribution < 1.29 is 14.9 Å². The average molecular weight is 208 g/mol. The standard InChI is InChI=1S/C12H16O3/c1-15-10-2-3-11(13)9(8-10)4-5-12(14)6-7-12/h2-3,8,13-14H,4-7H2,1H3. The van der Waals surface area contributed by atoms with E-state index in [4.69, 9.17) is 4.74 Å². The van der Waals surface area contributed by atoms with Crippen molar-refractivity contribution in [1.82, 2.24) is 0 Å². The molecule has 0 saturated heterocycles. The molecule has 2 N–H and O–H groups in total. The maximum atomic E-state index is 9.69. The van der Waals surface area contributed by atoms with Gasteiger partial charge in [-0.25, -0.2) is 0 Å². The Bertz CT molecular complexity index is 356. The van der Waals surface area contributed by atoms with Gasteiger partial charge in [-0.2, -0.15) is 0 Å². The summed E-state index contributed by atoms with van der Waals surface area (Å²) in [6, 6.07) is 5.18. The molecular weight excluding hydrogens is 192 g/mol. The molecule has 0 heterocycles. The molecule has 2 rings (SSSR count). The number of ether oxygens (including phenoxy) is 1. The Morgan fingerprint density at radius 1 is 1.40 bits per heavy atom. The predicted molar refractivity (Wildman–Crippen MR) is 57.2 cm³/mol. The van der Waals surface area contributed by atoms with Gasteiger partial charge in [-0.15, -0.1) is 0 Å². The highest BCUT2D eigenvalue weighted by atomic mass is 16.5. The van der Waals surface area contributed by atoms with Gasteiger partial charge >= 0.3 is 0 Å². The molecule has 0 unspecified atom stereocenters. The van der Waals surface area contributed by atoms with Gasteiger partial charge in [-0.1, -0.05) is 0 Å². The molecular formula is C12H16O3. The Balaban J connectivity index is 2.05. The Kier molecular flexibility index (Phi) is 2.57. The minimum Gasteiger partial charge on any atom is -0.508 e. The molecule has 1 aliphatic rings. The number of rotatable bonds is 4. The van der Waals surface area contributed by atoms with Crippen molar-refractivity contribution in [2.45, 2.75) is 31.3 Å². The number of aryl methyl sites for hydroxylation is 1. The van der Waals surface area contributed by atoms with Crippen LogP contribution in [0.2, 0.25) is 0 Å². The van der Waals surface area contributed by atoms with Crippen molar-refractivity contribution in [3.8, 4) is 11.5 Å².